The Balaban J connectivity index is 1.64. The summed E-state index contributed by atoms with van der Waals surface area (Å²) in [7, 11) is 0. The quantitative estimate of drug-likeness (QED) is 0.630. The van der Waals surface area contributed by atoms with Crippen LogP contribution < -0.4 is 10.7 Å². The number of hydrogen-bond acceptors (Lipinski definition) is 4. The van der Waals surface area contributed by atoms with Gasteiger partial charge in [0.25, 0.3) is 5.91 Å². The van der Waals surface area contributed by atoms with Crippen LogP contribution in [0.1, 0.15) is 41.9 Å². The predicted molar refractivity (Wildman–Crippen MR) is 117 cm³/mol. The van der Waals surface area contributed by atoms with Gasteiger partial charge in [0.05, 0.1) is 5.69 Å². The lowest BCUT2D eigenvalue weighted by molar-refractivity contribution is 0.101. The Morgan fingerprint density at radius 3 is 2.60 bits per heavy atom. The van der Waals surface area contributed by atoms with Crippen LogP contribution in [0.15, 0.2) is 64.3 Å². The smallest absolute Gasteiger partial charge is 0.280 e. The number of carbonyl (C=O) groups is 1. The zero-order valence-corrected chi connectivity index (χ0v) is 17.4. The summed E-state index contributed by atoms with van der Waals surface area (Å²) in [4.78, 5) is 26.4. The first-order chi connectivity index (χ1) is 14.5. The minimum Gasteiger partial charge on any atom is -0.319 e. The van der Waals surface area contributed by atoms with Crippen molar-refractivity contribution in [2.24, 2.45) is 0 Å². The van der Waals surface area contributed by atoms with Gasteiger partial charge < -0.3 is 5.32 Å². The first kappa shape index (κ1) is 20.3. The largest absolute Gasteiger partial charge is 0.319 e. The molecule has 0 atom stereocenters. The SMILES string of the molecule is Cc1cc(=O)c(C(=O)Nc2ccccc2SC2CCCC2)nn1-c1ccccc1F. The van der Waals surface area contributed by atoms with Crippen LogP contribution in [0.25, 0.3) is 5.69 Å². The van der Waals surface area contributed by atoms with Gasteiger partial charge in [0.1, 0.15) is 11.5 Å². The lowest BCUT2D eigenvalue weighted by Gasteiger charge is -2.15. The molecular formula is C23H22FN3O2S. The number of nitrogens with zero attached hydrogens (tertiary/aromatic N) is 2. The maximum absolute atomic E-state index is 14.2. The van der Waals surface area contributed by atoms with E-state index >= 15 is 0 Å². The van der Waals surface area contributed by atoms with Gasteiger partial charge in [-0.3, -0.25) is 9.59 Å². The number of aromatic nitrogens is 2. The number of benzene rings is 2. The van der Waals surface area contributed by atoms with Gasteiger partial charge in [-0.15, -0.1) is 11.8 Å². The van der Waals surface area contributed by atoms with E-state index < -0.39 is 17.2 Å². The third kappa shape index (κ3) is 4.31. The first-order valence-electron chi connectivity index (χ1n) is 9.96. The molecule has 1 aromatic heterocycles. The molecule has 1 aliphatic carbocycles. The van der Waals surface area contributed by atoms with Crippen LogP contribution >= 0.6 is 11.8 Å². The second-order valence-corrected chi connectivity index (χ2v) is 8.68. The van der Waals surface area contributed by atoms with E-state index in [9.17, 15) is 14.0 Å². The van der Waals surface area contributed by atoms with Gasteiger partial charge in [-0.1, -0.05) is 37.1 Å². The molecule has 0 spiro atoms. The van der Waals surface area contributed by atoms with Crippen molar-refractivity contribution < 1.29 is 9.18 Å². The molecule has 5 nitrogen and oxygen atoms in total. The summed E-state index contributed by atoms with van der Waals surface area (Å²) in [5.74, 6) is -1.09. The molecule has 1 amide bonds. The predicted octanol–water partition coefficient (Wildman–Crippen LogP) is 4.97. The number of carbonyl (C=O) groups excluding carboxylic acids is 1. The van der Waals surface area contributed by atoms with Gasteiger partial charge >= 0.3 is 0 Å². The molecule has 0 bridgehead atoms. The number of rotatable bonds is 5. The molecule has 154 valence electrons. The fourth-order valence-electron chi connectivity index (χ4n) is 3.61. The maximum Gasteiger partial charge on any atom is 0.280 e. The molecule has 2 aromatic carbocycles. The summed E-state index contributed by atoms with van der Waals surface area (Å²) >= 11 is 1.76. The average molecular weight is 424 g/mol. The zero-order valence-electron chi connectivity index (χ0n) is 16.6. The highest BCUT2D eigenvalue weighted by atomic mass is 32.2. The topological polar surface area (TPSA) is 64.0 Å². The molecule has 1 saturated carbocycles. The average Bonchev–Trinajstić information content (AvgIpc) is 3.23. The first-order valence-corrected chi connectivity index (χ1v) is 10.8. The van der Waals surface area contributed by atoms with Crippen molar-refractivity contribution in [3.8, 4) is 5.69 Å². The van der Waals surface area contributed by atoms with E-state index in [1.807, 2.05) is 24.3 Å². The van der Waals surface area contributed by atoms with Crippen molar-refractivity contribution in [2.75, 3.05) is 5.32 Å². The molecule has 1 N–H and O–H groups in total. The Labute approximate surface area is 178 Å². The van der Waals surface area contributed by atoms with Crippen molar-refractivity contribution in [1.29, 1.82) is 0 Å². The van der Waals surface area contributed by atoms with Gasteiger partial charge in [-0.25, -0.2) is 9.07 Å². The molecule has 1 aliphatic rings. The highest BCUT2D eigenvalue weighted by Gasteiger charge is 2.20. The molecule has 1 fully saturated rings. The minimum absolute atomic E-state index is 0.182. The molecule has 30 heavy (non-hydrogen) atoms. The summed E-state index contributed by atoms with van der Waals surface area (Å²) in [6.45, 7) is 1.65. The van der Waals surface area contributed by atoms with Crippen molar-refractivity contribution in [3.63, 3.8) is 0 Å². The standard InChI is InChI=1S/C23H22FN3O2S/c1-15-14-20(28)22(26-27(15)19-12-6-4-10-17(19)24)23(29)25-18-11-5-7-13-21(18)30-16-8-2-3-9-16/h4-7,10-14,16H,2-3,8-9H2,1H3,(H,25,29). The van der Waals surface area contributed by atoms with Crippen molar-refractivity contribution in [1.82, 2.24) is 9.78 Å². The minimum atomic E-state index is -0.607. The van der Waals surface area contributed by atoms with E-state index in [0.717, 1.165) is 4.90 Å². The number of amides is 1. The molecule has 4 rings (SSSR count). The summed E-state index contributed by atoms with van der Waals surface area (Å²) < 4.78 is 15.5. The second kappa shape index (κ2) is 8.83. The van der Waals surface area contributed by atoms with E-state index in [1.54, 1.807) is 36.9 Å². The summed E-state index contributed by atoms with van der Waals surface area (Å²) in [5, 5.41) is 7.54. The summed E-state index contributed by atoms with van der Waals surface area (Å²) in [5.41, 5.74) is 0.502. The monoisotopic (exact) mass is 423 g/mol. The van der Waals surface area contributed by atoms with E-state index in [-0.39, 0.29) is 11.4 Å². The Hall–Kier alpha value is -2.93. The molecule has 1 heterocycles. The van der Waals surface area contributed by atoms with Gasteiger partial charge in [0.2, 0.25) is 5.43 Å². The molecule has 7 heteroatoms. The zero-order chi connectivity index (χ0) is 21.1. The van der Waals surface area contributed by atoms with Gasteiger partial charge in [-0.2, -0.15) is 5.10 Å². The van der Waals surface area contributed by atoms with E-state index in [2.05, 4.69) is 10.4 Å². The van der Waals surface area contributed by atoms with Crippen molar-refractivity contribution in [3.05, 3.63) is 82.0 Å². The molecule has 3 aromatic rings. The van der Waals surface area contributed by atoms with E-state index in [4.69, 9.17) is 0 Å². The number of nitrogens with one attached hydrogen (secondary N) is 1. The van der Waals surface area contributed by atoms with E-state index in [0.29, 0.717) is 16.6 Å². The fourth-order valence-corrected chi connectivity index (χ4v) is 4.94. The van der Waals surface area contributed by atoms with Gasteiger partial charge in [-0.05, 0) is 44.0 Å². The van der Waals surface area contributed by atoms with Crippen LogP contribution in [-0.4, -0.2) is 20.9 Å². The number of thioether (sulfide) groups is 1. The van der Waals surface area contributed by atoms with E-state index in [1.165, 1.54) is 42.5 Å². The Morgan fingerprint density at radius 1 is 1.13 bits per heavy atom. The number of anilines is 1. The number of para-hydroxylation sites is 2. The van der Waals surface area contributed by atoms with Crippen LogP contribution in [0.4, 0.5) is 10.1 Å². The second-order valence-electron chi connectivity index (χ2n) is 7.34. The lowest BCUT2D eigenvalue weighted by Crippen LogP contribution is -2.27. The van der Waals surface area contributed by atoms with Crippen molar-refractivity contribution >= 4 is 23.4 Å². The normalized spacial score (nSPS) is 14.1. The molecule has 0 unspecified atom stereocenters. The van der Waals surface area contributed by atoms with Crippen molar-refractivity contribution in [2.45, 2.75) is 42.8 Å². The Morgan fingerprint density at radius 2 is 1.83 bits per heavy atom. The van der Waals surface area contributed by atoms with Crippen LogP contribution in [-0.2, 0) is 0 Å². The van der Waals surface area contributed by atoms with Crippen LogP contribution in [0.5, 0.6) is 0 Å². The fraction of sp³-hybridized carbons (Fsp3) is 0.261. The molecule has 0 radical (unpaired) electrons. The lowest BCUT2D eigenvalue weighted by atomic mass is 10.2. The molecule has 0 aliphatic heterocycles. The molecular weight excluding hydrogens is 401 g/mol. The number of aryl methyl sites for hydroxylation is 1. The van der Waals surface area contributed by atoms with Gasteiger partial charge in [0.15, 0.2) is 5.69 Å². The number of halogens is 1. The van der Waals surface area contributed by atoms with Gasteiger partial charge in [0, 0.05) is 21.9 Å². The number of hydrogen-bond donors (Lipinski definition) is 1. The molecule has 0 saturated heterocycles. The Bertz CT molecular complexity index is 1140. The third-order valence-corrected chi connectivity index (χ3v) is 6.55. The highest BCUT2D eigenvalue weighted by Crippen LogP contribution is 2.38. The van der Waals surface area contributed by atoms with Crippen LogP contribution in [0, 0.1) is 12.7 Å². The van der Waals surface area contributed by atoms with Crippen LogP contribution in [0.3, 0.4) is 0 Å². The third-order valence-electron chi connectivity index (χ3n) is 5.13. The maximum atomic E-state index is 14.2. The Kier molecular flexibility index (Phi) is 5.99. The summed E-state index contributed by atoms with van der Waals surface area (Å²) in [6.07, 6.45) is 4.80. The highest BCUT2D eigenvalue weighted by molar-refractivity contribution is 8.00. The van der Waals surface area contributed by atoms with Crippen LogP contribution in [0.2, 0.25) is 0 Å². The summed E-state index contributed by atoms with van der Waals surface area (Å²) in [6, 6.07) is 15.0.